The van der Waals surface area contributed by atoms with Crippen molar-refractivity contribution in [3.05, 3.63) is 102 Å². The molecule has 10 nitrogen and oxygen atoms in total. The van der Waals surface area contributed by atoms with Crippen LogP contribution in [-0.2, 0) is 0 Å². The van der Waals surface area contributed by atoms with Crippen LogP contribution in [0.2, 0.25) is 0 Å². The molecule has 1 fully saturated rings. The molecule has 40 heavy (non-hydrogen) atoms. The zero-order chi connectivity index (χ0) is 28.1. The van der Waals surface area contributed by atoms with Gasteiger partial charge in [-0.15, -0.1) is 4.99 Å². The molecule has 0 radical (unpaired) electrons. The maximum atomic E-state index is 13.8. The fourth-order valence-electron chi connectivity index (χ4n) is 4.93. The molecule has 0 bridgehead atoms. The number of guanidine groups is 1. The van der Waals surface area contributed by atoms with E-state index in [2.05, 4.69) is 4.99 Å². The second kappa shape index (κ2) is 11.6. The maximum absolute atomic E-state index is 13.8. The predicted octanol–water partition coefficient (Wildman–Crippen LogP) is 3.78. The topological polar surface area (TPSA) is 116 Å². The van der Waals surface area contributed by atoms with Crippen LogP contribution in [-0.4, -0.2) is 65.5 Å². The van der Waals surface area contributed by atoms with Crippen molar-refractivity contribution in [1.29, 1.82) is 5.26 Å². The Morgan fingerprint density at radius 1 is 0.975 bits per heavy atom. The average Bonchev–Trinajstić information content (AvgIpc) is 3.00. The van der Waals surface area contributed by atoms with Gasteiger partial charge in [0.2, 0.25) is 12.2 Å². The Balaban J connectivity index is 1.50. The smallest absolute Gasteiger partial charge is 0.254 e. The van der Waals surface area contributed by atoms with Gasteiger partial charge in [0.05, 0.1) is 31.3 Å². The second-order valence-corrected chi connectivity index (χ2v) is 9.13. The largest absolute Gasteiger partial charge is 0.493 e. The Labute approximate surface area is 231 Å². The summed E-state index contributed by atoms with van der Waals surface area (Å²) in [5.74, 6) is 1.11. The van der Waals surface area contributed by atoms with Gasteiger partial charge in [0, 0.05) is 37.0 Å². The lowest BCUT2D eigenvalue weighted by atomic mass is 10.0. The van der Waals surface area contributed by atoms with E-state index < -0.39 is 0 Å². The Hall–Kier alpha value is -5.30. The van der Waals surface area contributed by atoms with Gasteiger partial charge in [0.1, 0.15) is 0 Å². The molecule has 0 aromatic heterocycles. The van der Waals surface area contributed by atoms with E-state index >= 15 is 0 Å². The van der Waals surface area contributed by atoms with Gasteiger partial charge in [-0.1, -0.05) is 36.4 Å². The number of rotatable bonds is 4. The van der Waals surface area contributed by atoms with Crippen molar-refractivity contribution in [3.63, 3.8) is 0 Å². The van der Waals surface area contributed by atoms with E-state index in [1.165, 1.54) is 13.3 Å². The van der Waals surface area contributed by atoms with Crippen LogP contribution < -0.4 is 14.8 Å². The minimum atomic E-state index is -0.332. The summed E-state index contributed by atoms with van der Waals surface area (Å²) in [7, 11) is 3.09. The third-order valence-corrected chi connectivity index (χ3v) is 6.91. The van der Waals surface area contributed by atoms with Gasteiger partial charge in [0.25, 0.3) is 5.91 Å². The van der Waals surface area contributed by atoms with Crippen LogP contribution in [0.15, 0.2) is 95.0 Å². The van der Waals surface area contributed by atoms with E-state index in [9.17, 15) is 15.3 Å². The van der Waals surface area contributed by atoms with E-state index in [4.69, 9.17) is 14.5 Å². The molecule has 2 aromatic carbocycles. The maximum Gasteiger partial charge on any atom is 0.254 e. The zero-order valence-electron chi connectivity index (χ0n) is 22.1. The van der Waals surface area contributed by atoms with Crippen molar-refractivity contribution in [1.82, 2.24) is 14.5 Å². The number of benzene rings is 3. The number of methoxy groups -OCH3 is 2. The van der Waals surface area contributed by atoms with Crippen molar-refractivity contribution >= 4 is 11.9 Å². The molecule has 1 amide bonds. The van der Waals surface area contributed by atoms with Crippen LogP contribution in [0.25, 0.3) is 11.3 Å². The number of hydrogen-bond donors (Lipinski definition) is 1. The first-order valence-corrected chi connectivity index (χ1v) is 12.7. The summed E-state index contributed by atoms with van der Waals surface area (Å²) in [6.45, 7) is 1.16. The highest BCUT2D eigenvalue weighted by Crippen LogP contribution is 2.31. The van der Waals surface area contributed by atoms with Gasteiger partial charge < -0.3 is 24.5 Å². The Kier molecular flexibility index (Phi) is 7.64. The molecule has 5 rings (SSSR count). The summed E-state index contributed by atoms with van der Waals surface area (Å²) in [6, 6.07) is 23.5. The fourth-order valence-corrected chi connectivity index (χ4v) is 4.93. The number of nitrogens with zero attached hydrogens (tertiary/aromatic N) is 6. The molecule has 10 heteroatoms. The monoisotopic (exact) mass is 536 g/mol. The number of carbonyl (C=O) groups is 1. The van der Waals surface area contributed by atoms with Crippen molar-refractivity contribution in [2.75, 3.05) is 33.9 Å². The first-order chi connectivity index (χ1) is 19.5. The van der Waals surface area contributed by atoms with E-state index in [1.807, 2.05) is 52.4 Å². The molecular formula is C30H28N6O4. The second-order valence-electron chi connectivity index (χ2n) is 9.13. The number of nitriles is 1. The normalized spacial score (nSPS) is 16.1. The summed E-state index contributed by atoms with van der Waals surface area (Å²) >= 11 is 0. The van der Waals surface area contributed by atoms with Crippen LogP contribution in [0.5, 0.6) is 11.5 Å². The highest BCUT2D eigenvalue weighted by Gasteiger charge is 2.34. The van der Waals surface area contributed by atoms with Crippen LogP contribution in [0.1, 0.15) is 22.0 Å². The molecule has 1 saturated heterocycles. The summed E-state index contributed by atoms with van der Waals surface area (Å²) in [6.07, 6.45) is 3.41. The van der Waals surface area contributed by atoms with Crippen LogP contribution in [0.4, 0.5) is 0 Å². The van der Waals surface area contributed by atoms with Gasteiger partial charge in [-0.25, -0.2) is 4.99 Å². The third-order valence-electron chi connectivity index (χ3n) is 6.91. The predicted molar refractivity (Wildman–Crippen MR) is 148 cm³/mol. The standard InChI is InChI=1S/C30H28N6O4/c1-39-27-14-13-22(18-28(27)40-2)29(37)35-17-16-34(19-26(35)21-8-4-3-5-9-21)30(32-20-31)33-24-11-6-12-25-23(24)10-7-15-36(25)38/h3-15,18,26,38H,16-17,19H2,1-2H3/b32-30?,33-24+. The average molecular weight is 537 g/mol. The van der Waals surface area contributed by atoms with E-state index in [1.54, 1.807) is 49.6 Å². The Morgan fingerprint density at radius 3 is 2.52 bits per heavy atom. The summed E-state index contributed by atoms with van der Waals surface area (Å²) < 4.78 is 11.8. The fraction of sp³-hybridized carbons (Fsp3) is 0.200. The van der Waals surface area contributed by atoms with Crippen molar-refractivity contribution in [3.8, 4) is 28.9 Å². The number of ether oxygens (including phenoxy) is 2. The minimum absolute atomic E-state index is 0.147. The number of amides is 1. The Bertz CT molecular complexity index is 1630. The van der Waals surface area contributed by atoms with E-state index in [-0.39, 0.29) is 17.9 Å². The van der Waals surface area contributed by atoms with Gasteiger partial charge in [0.15, 0.2) is 11.5 Å². The number of hydrogen-bond acceptors (Lipinski definition) is 6. The number of piperazine rings is 1. The SMILES string of the molecule is COc1ccc(C(=O)N2CCN(C(=NC#N)/N=c3\cccc4n(O)cccc3-4)CC2c2ccccc2)cc1OC. The lowest BCUT2D eigenvalue weighted by Crippen LogP contribution is -2.52. The zero-order valence-corrected chi connectivity index (χ0v) is 22.1. The van der Waals surface area contributed by atoms with Crippen molar-refractivity contribution < 1.29 is 19.5 Å². The summed E-state index contributed by atoms with van der Waals surface area (Å²) in [5.41, 5.74) is 2.71. The van der Waals surface area contributed by atoms with Gasteiger partial charge >= 0.3 is 0 Å². The van der Waals surface area contributed by atoms with Crippen molar-refractivity contribution in [2.45, 2.75) is 6.04 Å². The molecule has 1 N–H and O–H groups in total. The molecule has 1 atom stereocenters. The number of aliphatic imine (C=N–C) groups is 1. The van der Waals surface area contributed by atoms with Gasteiger partial charge in [-0.3, -0.25) is 4.79 Å². The third kappa shape index (κ3) is 5.17. The highest BCUT2D eigenvalue weighted by atomic mass is 16.5. The summed E-state index contributed by atoms with van der Waals surface area (Å²) in [5, 5.41) is 20.3. The highest BCUT2D eigenvalue weighted by molar-refractivity contribution is 5.95. The number of carbonyl (C=O) groups excluding carboxylic acids is 1. The number of aromatic nitrogens is 1. The quantitative estimate of drug-likeness (QED) is 0.184. The van der Waals surface area contributed by atoms with Gasteiger partial charge in [-0.05, 0) is 48.0 Å². The molecule has 0 spiro atoms. The first kappa shape index (κ1) is 26.3. The molecule has 2 aromatic rings. The van der Waals surface area contributed by atoms with Crippen LogP contribution in [0, 0.1) is 11.5 Å². The molecule has 0 saturated carbocycles. The lowest BCUT2D eigenvalue weighted by Gasteiger charge is -2.42. The molecule has 2 aliphatic heterocycles. The molecule has 3 aliphatic rings. The minimum Gasteiger partial charge on any atom is -0.493 e. The molecule has 202 valence electrons. The number of pyridine rings is 1. The van der Waals surface area contributed by atoms with Gasteiger partial charge in [-0.2, -0.15) is 9.99 Å². The lowest BCUT2D eigenvalue weighted by molar-refractivity contribution is 0.0548. The van der Waals surface area contributed by atoms with Crippen LogP contribution in [0.3, 0.4) is 0 Å². The van der Waals surface area contributed by atoms with Crippen molar-refractivity contribution in [2.24, 2.45) is 9.98 Å². The molecular weight excluding hydrogens is 508 g/mol. The number of fused-ring (bicyclic) bond motifs is 1. The molecule has 2 heterocycles. The van der Waals surface area contributed by atoms with E-state index in [0.29, 0.717) is 53.3 Å². The molecule has 1 aliphatic carbocycles. The summed E-state index contributed by atoms with van der Waals surface area (Å²) in [4.78, 5) is 26.3. The molecule has 1 unspecified atom stereocenters. The van der Waals surface area contributed by atoms with E-state index in [0.717, 1.165) is 10.3 Å². The Morgan fingerprint density at radius 2 is 1.77 bits per heavy atom. The first-order valence-electron chi connectivity index (χ1n) is 12.7. The van der Waals surface area contributed by atoms with Crippen LogP contribution >= 0.6 is 0 Å².